The van der Waals surface area contributed by atoms with Crippen LogP contribution in [-0.2, 0) is 11.3 Å². The zero-order valence-corrected chi connectivity index (χ0v) is 17.5. The Kier molecular flexibility index (Phi) is 6.18. The summed E-state index contributed by atoms with van der Waals surface area (Å²) in [6.07, 6.45) is 2.42. The highest BCUT2D eigenvalue weighted by atomic mass is 19.1. The molecule has 5 nitrogen and oxygen atoms in total. The van der Waals surface area contributed by atoms with Crippen molar-refractivity contribution in [1.29, 1.82) is 0 Å². The number of rotatable bonds is 5. The second kappa shape index (κ2) is 8.84. The van der Waals surface area contributed by atoms with Crippen LogP contribution in [-0.4, -0.2) is 58.6 Å². The summed E-state index contributed by atoms with van der Waals surface area (Å²) in [4.78, 5) is 16.9. The van der Waals surface area contributed by atoms with E-state index in [0.29, 0.717) is 12.2 Å². The van der Waals surface area contributed by atoms with Crippen molar-refractivity contribution < 1.29 is 14.3 Å². The van der Waals surface area contributed by atoms with Gasteiger partial charge < -0.3 is 10.4 Å². The Balaban J connectivity index is 1.36. The molecule has 2 aromatic carbocycles. The number of likely N-dealkylation sites (tertiary alicyclic amines) is 2. The third kappa shape index (κ3) is 4.41. The van der Waals surface area contributed by atoms with Crippen LogP contribution in [0.4, 0.5) is 10.1 Å². The summed E-state index contributed by atoms with van der Waals surface area (Å²) < 4.78 is 13.5. The minimum Gasteiger partial charge on any atom is -0.390 e. The minimum atomic E-state index is -0.499. The van der Waals surface area contributed by atoms with Gasteiger partial charge in [-0.15, -0.1) is 0 Å². The van der Waals surface area contributed by atoms with Crippen LogP contribution in [0.25, 0.3) is 0 Å². The van der Waals surface area contributed by atoms with Crippen LogP contribution in [0.3, 0.4) is 0 Å². The first-order valence-electron chi connectivity index (χ1n) is 10.7. The van der Waals surface area contributed by atoms with E-state index in [0.717, 1.165) is 44.5 Å². The lowest BCUT2D eigenvalue weighted by molar-refractivity contribution is -0.120. The molecule has 30 heavy (non-hydrogen) atoms. The van der Waals surface area contributed by atoms with E-state index in [2.05, 4.69) is 34.5 Å². The third-order valence-corrected chi connectivity index (χ3v) is 6.64. The van der Waals surface area contributed by atoms with Crippen LogP contribution in [0.2, 0.25) is 0 Å². The number of aliphatic hydroxyl groups excluding tert-OH is 1. The van der Waals surface area contributed by atoms with E-state index in [1.807, 2.05) is 17.9 Å². The van der Waals surface area contributed by atoms with Crippen molar-refractivity contribution in [1.82, 2.24) is 9.80 Å². The van der Waals surface area contributed by atoms with Crippen LogP contribution in [0.1, 0.15) is 30.4 Å². The topological polar surface area (TPSA) is 55.8 Å². The van der Waals surface area contributed by atoms with Crippen LogP contribution in [0.5, 0.6) is 0 Å². The van der Waals surface area contributed by atoms with E-state index in [-0.39, 0.29) is 23.8 Å². The molecule has 2 aliphatic rings. The van der Waals surface area contributed by atoms with Gasteiger partial charge in [0.25, 0.3) is 0 Å². The number of piperidine rings is 1. The molecule has 1 amide bonds. The Morgan fingerprint density at radius 2 is 2.00 bits per heavy atom. The number of carbonyl (C=O) groups excluding carboxylic acids is 1. The summed E-state index contributed by atoms with van der Waals surface area (Å²) in [7, 11) is 0. The SMILES string of the molecule is Cc1ccc(F)cc1NC(=O)CN1CC[C@@]2(CCCN2Cc2ccccc2)[C@@H](O)C1. The molecule has 2 saturated heterocycles. The van der Waals surface area contributed by atoms with Crippen molar-refractivity contribution >= 4 is 11.6 Å². The number of nitrogens with one attached hydrogen (secondary N) is 1. The number of aliphatic hydroxyl groups is 1. The molecule has 0 aromatic heterocycles. The van der Waals surface area contributed by atoms with Gasteiger partial charge in [-0.25, -0.2) is 4.39 Å². The molecule has 2 N–H and O–H groups in total. The maximum absolute atomic E-state index is 13.5. The second-order valence-electron chi connectivity index (χ2n) is 8.62. The fourth-order valence-corrected chi connectivity index (χ4v) is 4.95. The normalized spacial score (nSPS) is 25.0. The Labute approximate surface area is 177 Å². The number of carbonyl (C=O) groups is 1. The monoisotopic (exact) mass is 411 g/mol. The molecule has 4 rings (SSSR count). The van der Waals surface area contributed by atoms with Crippen molar-refractivity contribution in [3.05, 3.63) is 65.5 Å². The molecule has 6 heteroatoms. The van der Waals surface area contributed by atoms with Crippen molar-refractivity contribution in [3.8, 4) is 0 Å². The van der Waals surface area contributed by atoms with Crippen molar-refractivity contribution in [2.24, 2.45) is 0 Å². The van der Waals surface area contributed by atoms with Crippen molar-refractivity contribution in [3.63, 3.8) is 0 Å². The molecule has 0 bridgehead atoms. The van der Waals surface area contributed by atoms with Gasteiger partial charge in [0.15, 0.2) is 0 Å². The minimum absolute atomic E-state index is 0.181. The quantitative estimate of drug-likeness (QED) is 0.794. The molecule has 0 radical (unpaired) electrons. The number of aryl methyl sites for hydroxylation is 1. The highest BCUT2D eigenvalue weighted by Gasteiger charge is 2.49. The molecule has 2 fully saturated rings. The summed E-state index contributed by atoms with van der Waals surface area (Å²) in [5, 5.41) is 13.9. The summed E-state index contributed by atoms with van der Waals surface area (Å²) >= 11 is 0. The number of halogens is 1. The molecule has 2 atom stereocenters. The average Bonchev–Trinajstić information content (AvgIpc) is 3.12. The molecular formula is C24H30FN3O2. The van der Waals surface area contributed by atoms with Gasteiger partial charge in [0.05, 0.1) is 12.6 Å². The molecule has 2 aromatic rings. The largest absolute Gasteiger partial charge is 0.390 e. The highest BCUT2D eigenvalue weighted by Crippen LogP contribution is 2.39. The van der Waals surface area contributed by atoms with Crippen LogP contribution in [0.15, 0.2) is 48.5 Å². The number of β-amino-alcohol motifs (C(OH)–C–C–N with tert-alkyl or cyclic N) is 1. The number of nitrogens with zero attached hydrogens (tertiary/aromatic N) is 2. The smallest absolute Gasteiger partial charge is 0.238 e. The lowest BCUT2D eigenvalue weighted by Crippen LogP contribution is -2.61. The van der Waals surface area contributed by atoms with Gasteiger partial charge in [0.1, 0.15) is 5.82 Å². The van der Waals surface area contributed by atoms with E-state index < -0.39 is 6.10 Å². The number of amides is 1. The number of hydrogen-bond acceptors (Lipinski definition) is 4. The molecular weight excluding hydrogens is 381 g/mol. The fraction of sp³-hybridized carbons (Fsp3) is 0.458. The first-order chi connectivity index (χ1) is 14.5. The Morgan fingerprint density at radius 1 is 1.20 bits per heavy atom. The van der Waals surface area contributed by atoms with Gasteiger partial charge >= 0.3 is 0 Å². The standard InChI is InChI=1S/C24H30FN3O2/c1-18-8-9-20(25)14-21(18)26-23(30)17-27-13-11-24(22(29)16-27)10-5-12-28(24)15-19-6-3-2-4-7-19/h2-4,6-9,14,22,29H,5,10-13,15-17H2,1H3,(H,26,30)/t22-,24-/m0/s1. The third-order valence-electron chi connectivity index (χ3n) is 6.64. The molecule has 0 unspecified atom stereocenters. The summed E-state index contributed by atoms with van der Waals surface area (Å²) in [6, 6.07) is 14.8. The van der Waals surface area contributed by atoms with E-state index in [9.17, 15) is 14.3 Å². The summed E-state index contributed by atoms with van der Waals surface area (Å²) in [5.74, 6) is -0.551. The van der Waals surface area contributed by atoms with Gasteiger partial charge in [-0.1, -0.05) is 36.4 Å². The first kappa shape index (κ1) is 21.0. The van der Waals surface area contributed by atoms with Crippen molar-refractivity contribution in [2.45, 2.75) is 44.4 Å². The molecule has 160 valence electrons. The lowest BCUT2D eigenvalue weighted by atomic mass is 9.82. The summed E-state index contributed by atoms with van der Waals surface area (Å²) in [5.41, 5.74) is 2.38. The van der Waals surface area contributed by atoms with Crippen LogP contribution < -0.4 is 5.32 Å². The van der Waals surface area contributed by atoms with Crippen LogP contribution >= 0.6 is 0 Å². The molecule has 2 heterocycles. The fourth-order valence-electron chi connectivity index (χ4n) is 4.95. The zero-order valence-electron chi connectivity index (χ0n) is 17.5. The number of benzene rings is 2. The Bertz CT molecular complexity index is 891. The lowest BCUT2D eigenvalue weighted by Gasteiger charge is -2.48. The van der Waals surface area contributed by atoms with Gasteiger partial charge in [-0.3, -0.25) is 14.6 Å². The predicted octanol–water partition coefficient (Wildman–Crippen LogP) is 3.17. The van der Waals surface area contributed by atoms with Gasteiger partial charge in [0, 0.05) is 30.9 Å². The van der Waals surface area contributed by atoms with E-state index in [1.54, 1.807) is 6.07 Å². The highest BCUT2D eigenvalue weighted by molar-refractivity contribution is 5.93. The van der Waals surface area contributed by atoms with Gasteiger partial charge in [-0.05, 0) is 56.0 Å². The van der Waals surface area contributed by atoms with Crippen LogP contribution in [0, 0.1) is 12.7 Å². The van der Waals surface area contributed by atoms with E-state index in [1.165, 1.54) is 17.7 Å². The van der Waals surface area contributed by atoms with E-state index >= 15 is 0 Å². The molecule has 2 aliphatic heterocycles. The second-order valence-corrected chi connectivity index (χ2v) is 8.62. The number of anilines is 1. The first-order valence-corrected chi connectivity index (χ1v) is 10.7. The molecule has 0 saturated carbocycles. The van der Waals surface area contributed by atoms with Crippen molar-refractivity contribution in [2.75, 3.05) is 31.5 Å². The molecule has 1 spiro atoms. The maximum atomic E-state index is 13.5. The Hall–Kier alpha value is -2.28. The average molecular weight is 412 g/mol. The Morgan fingerprint density at radius 3 is 2.77 bits per heavy atom. The zero-order chi connectivity index (χ0) is 21.1. The molecule has 0 aliphatic carbocycles. The van der Waals surface area contributed by atoms with Gasteiger partial charge in [0.2, 0.25) is 5.91 Å². The van der Waals surface area contributed by atoms with Gasteiger partial charge in [-0.2, -0.15) is 0 Å². The van der Waals surface area contributed by atoms with E-state index in [4.69, 9.17) is 0 Å². The number of hydrogen-bond donors (Lipinski definition) is 2. The maximum Gasteiger partial charge on any atom is 0.238 e. The predicted molar refractivity (Wildman–Crippen MR) is 116 cm³/mol. The summed E-state index contributed by atoms with van der Waals surface area (Å²) in [6.45, 7) is 5.11.